The zero-order chi connectivity index (χ0) is 13.5. The minimum atomic E-state index is -0.558. The molecule has 0 saturated heterocycles. The Kier molecular flexibility index (Phi) is 5.25. The van der Waals surface area contributed by atoms with Crippen LogP contribution >= 0.6 is 0 Å². The van der Waals surface area contributed by atoms with E-state index in [-0.39, 0.29) is 17.4 Å². The molecule has 0 aliphatic carbocycles. The molecular formula is C10H17N5O3. The zero-order valence-electron chi connectivity index (χ0n) is 10.6. The van der Waals surface area contributed by atoms with Crippen molar-refractivity contribution >= 4 is 11.5 Å². The summed E-state index contributed by atoms with van der Waals surface area (Å²) in [5, 5.41) is 17.0. The molecule has 0 unspecified atom stereocenters. The second kappa shape index (κ2) is 6.70. The van der Waals surface area contributed by atoms with Crippen LogP contribution in [-0.4, -0.2) is 41.1 Å². The summed E-state index contributed by atoms with van der Waals surface area (Å²) in [4.78, 5) is 17.9. The highest BCUT2D eigenvalue weighted by Crippen LogP contribution is 2.29. The first-order valence-electron chi connectivity index (χ1n) is 5.57. The van der Waals surface area contributed by atoms with Gasteiger partial charge in [-0.25, -0.2) is 4.98 Å². The Hall–Kier alpha value is -1.96. The van der Waals surface area contributed by atoms with Gasteiger partial charge in [0.2, 0.25) is 5.82 Å². The number of nitro groups is 1. The molecule has 0 saturated carbocycles. The second-order valence-corrected chi connectivity index (χ2v) is 3.87. The van der Waals surface area contributed by atoms with Gasteiger partial charge in [-0.2, -0.15) is 4.98 Å². The molecule has 2 N–H and O–H groups in total. The first-order valence-corrected chi connectivity index (χ1v) is 5.57. The number of nitrogens with one attached hydrogen (secondary N) is 2. The van der Waals surface area contributed by atoms with E-state index in [0.717, 1.165) is 0 Å². The molecule has 0 aliphatic heterocycles. The maximum absolute atomic E-state index is 10.9. The summed E-state index contributed by atoms with van der Waals surface area (Å²) in [6.45, 7) is 5.26. The first kappa shape index (κ1) is 14.1. The summed E-state index contributed by atoms with van der Waals surface area (Å²) in [6, 6.07) is 0.363. The van der Waals surface area contributed by atoms with Gasteiger partial charge in [0.15, 0.2) is 0 Å². The lowest BCUT2D eigenvalue weighted by Gasteiger charge is -2.10. The van der Waals surface area contributed by atoms with Gasteiger partial charge in [0.25, 0.3) is 5.88 Å². The fraction of sp³-hybridized carbons (Fsp3) is 0.600. The minimum Gasteiger partial charge on any atom is -0.476 e. The Bertz CT molecular complexity index is 410. The molecule has 0 amide bonds. The highest BCUT2D eigenvalue weighted by Gasteiger charge is 2.23. The van der Waals surface area contributed by atoms with E-state index in [1.807, 2.05) is 13.8 Å². The number of nitrogens with zero attached hydrogens (tertiary/aromatic N) is 3. The number of rotatable bonds is 7. The predicted octanol–water partition coefficient (Wildman–Crippen LogP) is 0.803. The summed E-state index contributed by atoms with van der Waals surface area (Å²) in [5.41, 5.74) is -0.246. The molecule has 8 heteroatoms. The molecule has 1 aromatic rings. The molecule has 1 aromatic heterocycles. The Morgan fingerprint density at radius 2 is 2.17 bits per heavy atom. The highest BCUT2D eigenvalue weighted by molar-refractivity contribution is 5.60. The topological polar surface area (TPSA) is 102 Å². The van der Waals surface area contributed by atoms with Crippen LogP contribution in [0, 0.1) is 10.1 Å². The molecule has 0 spiro atoms. The average molecular weight is 255 g/mol. The lowest BCUT2D eigenvalue weighted by Crippen LogP contribution is -2.28. The summed E-state index contributed by atoms with van der Waals surface area (Å²) < 4.78 is 4.84. The van der Waals surface area contributed by atoms with Crippen molar-refractivity contribution in [1.29, 1.82) is 0 Å². The minimum absolute atomic E-state index is 0.0469. The molecule has 1 heterocycles. The van der Waals surface area contributed by atoms with Crippen molar-refractivity contribution in [2.75, 3.05) is 25.5 Å². The summed E-state index contributed by atoms with van der Waals surface area (Å²) >= 11 is 0. The lowest BCUT2D eigenvalue weighted by molar-refractivity contribution is -0.385. The zero-order valence-corrected chi connectivity index (χ0v) is 10.6. The third-order valence-corrected chi connectivity index (χ3v) is 2.13. The molecule has 0 radical (unpaired) electrons. The van der Waals surface area contributed by atoms with Crippen LogP contribution in [0.15, 0.2) is 6.33 Å². The normalized spacial score (nSPS) is 10.4. The van der Waals surface area contributed by atoms with Gasteiger partial charge < -0.3 is 15.4 Å². The van der Waals surface area contributed by atoms with Gasteiger partial charge in [0.05, 0.1) is 12.0 Å². The fourth-order valence-electron chi connectivity index (χ4n) is 1.35. The number of hydrogen-bond donors (Lipinski definition) is 2. The van der Waals surface area contributed by atoms with Crippen LogP contribution in [0.3, 0.4) is 0 Å². The van der Waals surface area contributed by atoms with Crippen LogP contribution in [0.5, 0.6) is 5.88 Å². The van der Waals surface area contributed by atoms with Crippen molar-refractivity contribution in [2.45, 2.75) is 19.9 Å². The molecule has 8 nitrogen and oxygen atoms in total. The van der Waals surface area contributed by atoms with Crippen molar-refractivity contribution in [3.63, 3.8) is 0 Å². The van der Waals surface area contributed by atoms with Crippen molar-refractivity contribution in [3.8, 4) is 5.88 Å². The Morgan fingerprint density at radius 1 is 1.44 bits per heavy atom. The van der Waals surface area contributed by atoms with Gasteiger partial charge in [-0.1, -0.05) is 13.8 Å². The lowest BCUT2D eigenvalue weighted by atomic mass is 10.4. The van der Waals surface area contributed by atoms with Gasteiger partial charge in [-0.3, -0.25) is 10.1 Å². The molecule has 100 valence electrons. The molecule has 1 rings (SSSR count). The molecule has 0 bridgehead atoms. The van der Waals surface area contributed by atoms with E-state index in [9.17, 15) is 10.1 Å². The fourth-order valence-corrected chi connectivity index (χ4v) is 1.35. The van der Waals surface area contributed by atoms with Crippen LogP contribution in [0.4, 0.5) is 11.5 Å². The SMILES string of the molecule is COc1ncnc(NCCNC(C)C)c1[N+](=O)[O-]. The van der Waals surface area contributed by atoms with E-state index in [1.54, 1.807) is 0 Å². The van der Waals surface area contributed by atoms with Gasteiger partial charge in [0.1, 0.15) is 6.33 Å². The van der Waals surface area contributed by atoms with Crippen molar-refractivity contribution < 1.29 is 9.66 Å². The standard InChI is InChI=1S/C10H17N5O3/c1-7(2)11-4-5-12-9-8(15(16)17)10(18-3)14-6-13-9/h6-7,11H,4-5H2,1-3H3,(H,12,13,14). The largest absolute Gasteiger partial charge is 0.476 e. The van der Waals surface area contributed by atoms with Crippen LogP contribution in [-0.2, 0) is 0 Å². The number of hydrogen-bond acceptors (Lipinski definition) is 7. The van der Waals surface area contributed by atoms with E-state index >= 15 is 0 Å². The van der Waals surface area contributed by atoms with Crippen molar-refractivity contribution in [1.82, 2.24) is 15.3 Å². The Balaban J connectivity index is 2.72. The first-order chi connectivity index (χ1) is 8.56. The van der Waals surface area contributed by atoms with Crippen LogP contribution in [0.25, 0.3) is 0 Å². The Morgan fingerprint density at radius 3 is 2.72 bits per heavy atom. The molecule has 0 fully saturated rings. The quantitative estimate of drug-likeness (QED) is 0.422. The molecule has 0 aliphatic rings. The van der Waals surface area contributed by atoms with Gasteiger partial charge in [0, 0.05) is 19.1 Å². The molecular weight excluding hydrogens is 238 g/mol. The third-order valence-electron chi connectivity index (χ3n) is 2.13. The van der Waals surface area contributed by atoms with Crippen LogP contribution < -0.4 is 15.4 Å². The van der Waals surface area contributed by atoms with Gasteiger partial charge >= 0.3 is 5.69 Å². The van der Waals surface area contributed by atoms with Crippen LogP contribution in [0.1, 0.15) is 13.8 Å². The average Bonchev–Trinajstić information content (AvgIpc) is 2.33. The Labute approximate surface area is 105 Å². The maximum Gasteiger partial charge on any atom is 0.372 e. The van der Waals surface area contributed by atoms with Crippen molar-refractivity contribution in [2.24, 2.45) is 0 Å². The predicted molar refractivity (Wildman–Crippen MR) is 66.9 cm³/mol. The maximum atomic E-state index is 10.9. The molecule has 0 atom stereocenters. The number of aromatic nitrogens is 2. The summed E-state index contributed by atoms with van der Waals surface area (Å²) in [7, 11) is 1.33. The summed E-state index contributed by atoms with van der Waals surface area (Å²) in [6.07, 6.45) is 1.23. The van der Waals surface area contributed by atoms with E-state index in [0.29, 0.717) is 19.1 Å². The second-order valence-electron chi connectivity index (χ2n) is 3.87. The molecule has 0 aromatic carbocycles. The molecule has 18 heavy (non-hydrogen) atoms. The highest BCUT2D eigenvalue weighted by atomic mass is 16.6. The van der Waals surface area contributed by atoms with Crippen LogP contribution in [0.2, 0.25) is 0 Å². The number of methoxy groups -OCH3 is 1. The van der Waals surface area contributed by atoms with Gasteiger partial charge in [-0.05, 0) is 0 Å². The monoisotopic (exact) mass is 255 g/mol. The van der Waals surface area contributed by atoms with Crippen molar-refractivity contribution in [3.05, 3.63) is 16.4 Å². The van der Waals surface area contributed by atoms with E-state index in [4.69, 9.17) is 4.74 Å². The summed E-state index contributed by atoms with van der Waals surface area (Å²) in [5.74, 6) is 0.117. The number of anilines is 1. The third kappa shape index (κ3) is 3.81. The van der Waals surface area contributed by atoms with E-state index in [2.05, 4.69) is 20.6 Å². The smallest absolute Gasteiger partial charge is 0.372 e. The van der Waals surface area contributed by atoms with E-state index < -0.39 is 4.92 Å². The van der Waals surface area contributed by atoms with Gasteiger partial charge in [-0.15, -0.1) is 0 Å². The van der Waals surface area contributed by atoms with E-state index in [1.165, 1.54) is 13.4 Å². The number of ether oxygens (including phenoxy) is 1.